The summed E-state index contributed by atoms with van der Waals surface area (Å²) in [7, 11) is 0. The minimum atomic E-state index is -0.159. The second kappa shape index (κ2) is 8.62. The first-order valence-corrected chi connectivity index (χ1v) is 10.3. The lowest BCUT2D eigenvalue weighted by Crippen LogP contribution is -2.11. The van der Waals surface area contributed by atoms with Gasteiger partial charge in [0.1, 0.15) is 24.2 Å². The van der Waals surface area contributed by atoms with Crippen LogP contribution in [0.3, 0.4) is 0 Å². The van der Waals surface area contributed by atoms with E-state index in [-0.39, 0.29) is 5.91 Å². The number of amides is 1. The molecule has 8 heteroatoms. The molecule has 0 saturated carbocycles. The molecule has 2 aromatic carbocycles. The number of hydrogen-bond acceptors (Lipinski definition) is 5. The number of ether oxygens (including phenoxy) is 1. The molecule has 2 aromatic heterocycles. The summed E-state index contributed by atoms with van der Waals surface area (Å²) in [6.45, 7) is 3.93. The van der Waals surface area contributed by atoms with Gasteiger partial charge in [-0.05, 0) is 78.9 Å². The van der Waals surface area contributed by atoms with Crippen LogP contribution in [0, 0.1) is 17.4 Å². The number of imidazole rings is 1. The van der Waals surface area contributed by atoms with E-state index < -0.39 is 0 Å². The van der Waals surface area contributed by atoms with Crippen LogP contribution in [0.4, 0.5) is 5.69 Å². The van der Waals surface area contributed by atoms with Gasteiger partial charge in [0, 0.05) is 26.6 Å². The smallest absolute Gasteiger partial charge is 0.255 e. The third-order valence-corrected chi connectivity index (χ3v) is 5.22. The Labute approximate surface area is 187 Å². The summed E-state index contributed by atoms with van der Waals surface area (Å²) < 4.78 is 8.74. The molecule has 0 aliphatic carbocycles. The van der Waals surface area contributed by atoms with E-state index in [0.29, 0.717) is 28.7 Å². The lowest BCUT2D eigenvalue weighted by molar-refractivity contribution is 0.102. The molecule has 4 rings (SSSR count). The molecular weight excluding hydrogens is 493 g/mol. The molecule has 1 N–H and O–H groups in total. The third-order valence-electron chi connectivity index (χ3n) is 4.55. The molecule has 2 heterocycles. The first-order chi connectivity index (χ1) is 14.5. The summed E-state index contributed by atoms with van der Waals surface area (Å²) in [5, 5.41) is 2.88. The summed E-state index contributed by atoms with van der Waals surface area (Å²) >= 11 is 2.18. The number of halogens is 1. The lowest BCUT2D eigenvalue weighted by atomic mass is 10.2. The number of rotatable bonds is 5. The summed E-state index contributed by atoms with van der Waals surface area (Å²) in [6, 6.07) is 16.3. The van der Waals surface area contributed by atoms with Crippen LogP contribution in [0.5, 0.6) is 11.6 Å². The van der Waals surface area contributed by atoms with Gasteiger partial charge in [-0.1, -0.05) is 6.07 Å². The molecule has 0 bridgehead atoms. The van der Waals surface area contributed by atoms with E-state index in [2.05, 4.69) is 42.9 Å². The lowest BCUT2D eigenvalue weighted by Gasteiger charge is -2.09. The highest BCUT2D eigenvalue weighted by Gasteiger charge is 2.09. The van der Waals surface area contributed by atoms with E-state index in [1.165, 1.54) is 6.33 Å². The fourth-order valence-corrected chi connectivity index (χ4v) is 3.35. The maximum Gasteiger partial charge on any atom is 0.255 e. The molecule has 0 saturated heterocycles. The molecule has 150 valence electrons. The predicted molar refractivity (Wildman–Crippen MR) is 122 cm³/mol. The molecule has 1 amide bonds. The molecule has 0 unspecified atom stereocenters. The average molecular weight is 511 g/mol. The highest BCUT2D eigenvalue weighted by Crippen LogP contribution is 2.23. The number of nitrogens with zero attached hydrogens (tertiary/aromatic N) is 4. The first-order valence-electron chi connectivity index (χ1n) is 9.17. The molecule has 4 aromatic rings. The number of carbonyl (C=O) groups is 1. The van der Waals surface area contributed by atoms with Crippen molar-refractivity contribution in [1.29, 1.82) is 0 Å². The maximum absolute atomic E-state index is 12.4. The molecule has 7 nitrogen and oxygen atoms in total. The maximum atomic E-state index is 12.4. The van der Waals surface area contributed by atoms with Crippen molar-refractivity contribution in [1.82, 2.24) is 19.5 Å². The standard InChI is InChI=1S/C22H18IN5O2/c1-14-15(2)28(13-26-14)20-11-21(25-12-24-20)30-19-8-6-18(7-9-19)27-22(29)16-4-3-5-17(23)10-16/h3-13H,1-2H3,(H,27,29). The van der Waals surface area contributed by atoms with Crippen LogP contribution in [0.15, 0.2) is 67.3 Å². The molecule has 0 atom stereocenters. The second-order valence-corrected chi connectivity index (χ2v) is 7.84. The summed E-state index contributed by atoms with van der Waals surface area (Å²) in [6.07, 6.45) is 3.18. The minimum absolute atomic E-state index is 0.159. The van der Waals surface area contributed by atoms with Gasteiger partial charge in [-0.25, -0.2) is 15.0 Å². The minimum Gasteiger partial charge on any atom is -0.439 e. The number of nitrogens with one attached hydrogen (secondary N) is 1. The summed E-state index contributed by atoms with van der Waals surface area (Å²) in [4.78, 5) is 25.1. The normalized spacial score (nSPS) is 10.6. The van der Waals surface area contributed by atoms with Gasteiger partial charge in [-0.3, -0.25) is 9.36 Å². The molecule has 0 radical (unpaired) electrons. The van der Waals surface area contributed by atoms with E-state index >= 15 is 0 Å². The van der Waals surface area contributed by atoms with Gasteiger partial charge in [0.15, 0.2) is 0 Å². The quantitative estimate of drug-likeness (QED) is 0.385. The van der Waals surface area contributed by atoms with Crippen molar-refractivity contribution < 1.29 is 9.53 Å². The molecule has 30 heavy (non-hydrogen) atoms. The van der Waals surface area contributed by atoms with Crippen LogP contribution < -0.4 is 10.1 Å². The Kier molecular flexibility index (Phi) is 5.75. The fraction of sp³-hybridized carbons (Fsp3) is 0.0909. The van der Waals surface area contributed by atoms with Crippen molar-refractivity contribution in [3.05, 3.63) is 87.8 Å². The molecule has 0 aliphatic heterocycles. The largest absolute Gasteiger partial charge is 0.439 e. The van der Waals surface area contributed by atoms with Crippen molar-refractivity contribution in [2.75, 3.05) is 5.32 Å². The average Bonchev–Trinajstić information content (AvgIpc) is 3.08. The van der Waals surface area contributed by atoms with Gasteiger partial charge in [0.05, 0.1) is 5.69 Å². The number of aryl methyl sites for hydroxylation is 1. The Morgan fingerprint density at radius 3 is 2.53 bits per heavy atom. The Morgan fingerprint density at radius 2 is 1.83 bits per heavy atom. The third kappa shape index (κ3) is 4.48. The predicted octanol–water partition coefficient (Wildman–Crippen LogP) is 4.93. The number of benzene rings is 2. The van der Waals surface area contributed by atoms with E-state index in [4.69, 9.17) is 4.74 Å². The van der Waals surface area contributed by atoms with Gasteiger partial charge in [-0.15, -0.1) is 0 Å². The highest BCUT2D eigenvalue weighted by molar-refractivity contribution is 14.1. The van der Waals surface area contributed by atoms with E-state index in [9.17, 15) is 4.79 Å². The van der Waals surface area contributed by atoms with Crippen LogP contribution in [0.2, 0.25) is 0 Å². The Hall–Kier alpha value is -3.27. The number of anilines is 1. The number of aromatic nitrogens is 4. The summed E-state index contributed by atoms with van der Waals surface area (Å²) in [5.74, 6) is 1.54. The van der Waals surface area contributed by atoms with Crippen LogP contribution in [0.1, 0.15) is 21.7 Å². The Balaban J connectivity index is 1.46. The van der Waals surface area contributed by atoms with Gasteiger partial charge in [-0.2, -0.15) is 0 Å². The molecule has 0 fully saturated rings. The fourth-order valence-electron chi connectivity index (χ4n) is 2.81. The van der Waals surface area contributed by atoms with Crippen molar-refractivity contribution in [2.24, 2.45) is 0 Å². The number of carbonyl (C=O) groups excluding carboxylic acids is 1. The van der Waals surface area contributed by atoms with Gasteiger partial charge in [0.2, 0.25) is 5.88 Å². The molecule has 0 spiro atoms. The Bertz CT molecular complexity index is 1200. The SMILES string of the molecule is Cc1ncn(-c2cc(Oc3ccc(NC(=O)c4cccc(I)c4)cc3)ncn2)c1C. The zero-order valence-electron chi connectivity index (χ0n) is 16.3. The van der Waals surface area contributed by atoms with Gasteiger partial charge < -0.3 is 10.1 Å². The van der Waals surface area contributed by atoms with Crippen LogP contribution in [-0.2, 0) is 0 Å². The Morgan fingerprint density at radius 1 is 1.03 bits per heavy atom. The van der Waals surface area contributed by atoms with Crippen molar-refractivity contribution >= 4 is 34.2 Å². The monoisotopic (exact) mass is 511 g/mol. The summed E-state index contributed by atoms with van der Waals surface area (Å²) in [5.41, 5.74) is 3.24. The van der Waals surface area contributed by atoms with Gasteiger partial charge in [0.25, 0.3) is 5.91 Å². The first kappa shape index (κ1) is 20.0. The van der Waals surface area contributed by atoms with Crippen LogP contribution >= 0.6 is 22.6 Å². The molecular formula is C22H18IN5O2. The van der Waals surface area contributed by atoms with Gasteiger partial charge >= 0.3 is 0 Å². The number of hydrogen-bond donors (Lipinski definition) is 1. The topological polar surface area (TPSA) is 81.9 Å². The zero-order valence-corrected chi connectivity index (χ0v) is 18.5. The van der Waals surface area contributed by atoms with Crippen LogP contribution in [-0.4, -0.2) is 25.4 Å². The van der Waals surface area contributed by atoms with Crippen molar-refractivity contribution in [2.45, 2.75) is 13.8 Å². The van der Waals surface area contributed by atoms with Crippen LogP contribution in [0.25, 0.3) is 5.82 Å². The van der Waals surface area contributed by atoms with E-state index in [1.807, 2.05) is 36.6 Å². The van der Waals surface area contributed by atoms with Crippen molar-refractivity contribution in [3.8, 4) is 17.4 Å². The second-order valence-electron chi connectivity index (χ2n) is 6.59. The highest BCUT2D eigenvalue weighted by atomic mass is 127. The molecule has 0 aliphatic rings. The van der Waals surface area contributed by atoms with E-state index in [0.717, 1.165) is 15.0 Å². The van der Waals surface area contributed by atoms with E-state index in [1.54, 1.807) is 42.7 Å². The zero-order chi connectivity index (χ0) is 21.1. The van der Waals surface area contributed by atoms with Crippen molar-refractivity contribution in [3.63, 3.8) is 0 Å².